The normalized spacial score (nSPS) is 11.3. The zero-order valence-electron chi connectivity index (χ0n) is 14.2. The second kappa shape index (κ2) is 8.39. The number of hydrogen-bond acceptors (Lipinski definition) is 4. The molecular formula is C19H13F4N3OS. The minimum Gasteiger partial charge on any atom is -0.325 e. The van der Waals surface area contributed by atoms with Crippen molar-refractivity contribution in [3.8, 4) is 11.3 Å². The number of rotatable bonds is 5. The maximum atomic E-state index is 13.7. The standard InChI is InChI=1S/C19H13F4N3OS/c20-15-7-2-1-6-14(15)16-8-9-18(26-25-16)28-11-17(27)24-13-5-3-4-12(10-13)19(21,22)23/h1-10H,11H2,(H,24,27). The highest BCUT2D eigenvalue weighted by atomic mass is 32.2. The smallest absolute Gasteiger partial charge is 0.325 e. The van der Waals surface area contributed by atoms with E-state index in [9.17, 15) is 22.4 Å². The summed E-state index contributed by atoms with van der Waals surface area (Å²) >= 11 is 1.06. The number of amides is 1. The molecule has 0 atom stereocenters. The van der Waals surface area contributed by atoms with Crippen LogP contribution in [0.1, 0.15) is 5.56 Å². The topological polar surface area (TPSA) is 54.9 Å². The number of thioether (sulfide) groups is 1. The minimum absolute atomic E-state index is 0.0569. The van der Waals surface area contributed by atoms with Crippen LogP contribution in [0.5, 0.6) is 0 Å². The van der Waals surface area contributed by atoms with E-state index >= 15 is 0 Å². The van der Waals surface area contributed by atoms with Crippen LogP contribution in [0.25, 0.3) is 11.3 Å². The Morgan fingerprint density at radius 1 is 1.00 bits per heavy atom. The van der Waals surface area contributed by atoms with Crippen LogP contribution >= 0.6 is 11.8 Å². The van der Waals surface area contributed by atoms with Crippen LogP contribution in [-0.4, -0.2) is 21.9 Å². The average Bonchev–Trinajstić information content (AvgIpc) is 2.67. The summed E-state index contributed by atoms with van der Waals surface area (Å²) in [5, 5.41) is 10.7. The third kappa shape index (κ3) is 5.07. The summed E-state index contributed by atoms with van der Waals surface area (Å²) in [4.78, 5) is 12.0. The molecule has 0 spiro atoms. The third-order valence-electron chi connectivity index (χ3n) is 3.61. The van der Waals surface area contributed by atoms with E-state index < -0.39 is 23.5 Å². The lowest BCUT2D eigenvalue weighted by Gasteiger charge is -2.09. The summed E-state index contributed by atoms with van der Waals surface area (Å²) in [6.45, 7) is 0. The molecular weight excluding hydrogens is 394 g/mol. The van der Waals surface area contributed by atoms with E-state index in [1.54, 1.807) is 30.3 Å². The molecule has 2 aromatic carbocycles. The predicted octanol–water partition coefficient (Wildman–Crippen LogP) is 5.03. The maximum Gasteiger partial charge on any atom is 0.416 e. The number of aromatic nitrogens is 2. The Bertz CT molecular complexity index is 977. The molecule has 0 unspecified atom stereocenters. The molecule has 0 bridgehead atoms. The van der Waals surface area contributed by atoms with Crippen LogP contribution in [-0.2, 0) is 11.0 Å². The van der Waals surface area contributed by atoms with Crippen molar-refractivity contribution in [1.82, 2.24) is 10.2 Å². The maximum absolute atomic E-state index is 13.7. The molecule has 1 aromatic heterocycles. The summed E-state index contributed by atoms with van der Waals surface area (Å²) in [5.41, 5.74) is -0.112. The van der Waals surface area contributed by atoms with Gasteiger partial charge >= 0.3 is 6.18 Å². The van der Waals surface area contributed by atoms with E-state index in [1.807, 2.05) is 0 Å². The first-order chi connectivity index (χ1) is 13.3. The summed E-state index contributed by atoms with van der Waals surface area (Å²) in [6.07, 6.45) is -4.48. The van der Waals surface area contributed by atoms with Gasteiger partial charge in [-0.25, -0.2) is 4.39 Å². The summed E-state index contributed by atoms with van der Waals surface area (Å²) in [6, 6.07) is 13.7. The Balaban J connectivity index is 1.59. The Kier molecular flexibility index (Phi) is 5.93. The molecule has 0 aliphatic rings. The Morgan fingerprint density at radius 3 is 2.46 bits per heavy atom. The number of alkyl halides is 3. The zero-order valence-corrected chi connectivity index (χ0v) is 15.0. The van der Waals surface area contributed by atoms with Crippen molar-refractivity contribution >= 4 is 23.4 Å². The van der Waals surface area contributed by atoms with Gasteiger partial charge in [0.05, 0.1) is 17.0 Å². The number of nitrogens with one attached hydrogen (secondary N) is 1. The van der Waals surface area contributed by atoms with Gasteiger partial charge in [0.1, 0.15) is 10.8 Å². The summed E-state index contributed by atoms with van der Waals surface area (Å²) in [7, 11) is 0. The van der Waals surface area contributed by atoms with Gasteiger partial charge in [-0.05, 0) is 42.5 Å². The first-order valence-electron chi connectivity index (χ1n) is 8.01. The van der Waals surface area contributed by atoms with Gasteiger partial charge in [0.15, 0.2) is 0 Å². The van der Waals surface area contributed by atoms with Gasteiger partial charge in [-0.2, -0.15) is 13.2 Å². The number of carbonyl (C=O) groups excluding carboxylic acids is 1. The van der Waals surface area contributed by atoms with E-state index in [2.05, 4.69) is 15.5 Å². The summed E-state index contributed by atoms with van der Waals surface area (Å²) in [5.74, 6) is -0.966. The van der Waals surface area contributed by atoms with Crippen molar-refractivity contribution in [3.05, 3.63) is 72.0 Å². The fourth-order valence-corrected chi connectivity index (χ4v) is 2.93. The number of hydrogen-bond donors (Lipinski definition) is 1. The zero-order chi connectivity index (χ0) is 20.1. The van der Waals surface area contributed by atoms with E-state index in [4.69, 9.17) is 0 Å². The second-order valence-corrected chi connectivity index (χ2v) is 6.65. The van der Waals surface area contributed by atoms with Crippen molar-refractivity contribution < 1.29 is 22.4 Å². The average molecular weight is 407 g/mol. The van der Waals surface area contributed by atoms with Crippen molar-refractivity contribution in [2.45, 2.75) is 11.2 Å². The molecule has 3 rings (SSSR count). The largest absolute Gasteiger partial charge is 0.416 e. The molecule has 0 fully saturated rings. The van der Waals surface area contributed by atoms with Crippen molar-refractivity contribution in [2.75, 3.05) is 11.1 Å². The molecule has 0 saturated carbocycles. The molecule has 4 nitrogen and oxygen atoms in total. The highest BCUT2D eigenvalue weighted by Gasteiger charge is 2.30. The molecule has 1 amide bonds. The van der Waals surface area contributed by atoms with E-state index in [1.165, 1.54) is 18.2 Å². The Hall–Kier alpha value is -2.94. The fraction of sp³-hybridized carbons (Fsp3) is 0.105. The molecule has 28 heavy (non-hydrogen) atoms. The second-order valence-electron chi connectivity index (χ2n) is 5.65. The lowest BCUT2D eigenvalue weighted by Crippen LogP contribution is -2.15. The van der Waals surface area contributed by atoms with Gasteiger partial charge < -0.3 is 5.32 Å². The van der Waals surface area contributed by atoms with Crippen LogP contribution in [0.2, 0.25) is 0 Å². The first-order valence-corrected chi connectivity index (χ1v) is 9.00. The molecule has 0 saturated heterocycles. The van der Waals surface area contributed by atoms with Gasteiger partial charge in [-0.1, -0.05) is 30.0 Å². The molecule has 9 heteroatoms. The SMILES string of the molecule is O=C(CSc1ccc(-c2ccccc2F)nn1)Nc1cccc(C(F)(F)F)c1. The van der Waals surface area contributed by atoms with Crippen LogP contribution in [0.15, 0.2) is 65.7 Å². The van der Waals surface area contributed by atoms with Crippen molar-refractivity contribution in [3.63, 3.8) is 0 Å². The van der Waals surface area contributed by atoms with Gasteiger partial charge in [-0.3, -0.25) is 4.79 Å². The van der Waals surface area contributed by atoms with Gasteiger partial charge in [0, 0.05) is 11.3 Å². The van der Waals surface area contributed by atoms with Gasteiger partial charge in [0.2, 0.25) is 5.91 Å². The monoisotopic (exact) mass is 407 g/mol. The number of anilines is 1. The lowest BCUT2D eigenvalue weighted by molar-refractivity contribution is -0.137. The van der Waals surface area contributed by atoms with E-state index in [0.717, 1.165) is 23.9 Å². The molecule has 1 N–H and O–H groups in total. The van der Waals surface area contributed by atoms with E-state index in [-0.39, 0.29) is 11.4 Å². The first kappa shape index (κ1) is 19.8. The molecule has 0 aliphatic carbocycles. The molecule has 1 heterocycles. The number of nitrogens with zero attached hydrogens (tertiary/aromatic N) is 2. The highest BCUT2D eigenvalue weighted by Crippen LogP contribution is 2.30. The molecule has 3 aromatic rings. The lowest BCUT2D eigenvalue weighted by atomic mass is 10.1. The van der Waals surface area contributed by atoms with Crippen LogP contribution < -0.4 is 5.32 Å². The van der Waals surface area contributed by atoms with Crippen LogP contribution in [0.4, 0.5) is 23.2 Å². The van der Waals surface area contributed by atoms with Crippen LogP contribution in [0.3, 0.4) is 0 Å². The number of carbonyl (C=O) groups is 1. The molecule has 0 aliphatic heterocycles. The van der Waals surface area contributed by atoms with Crippen molar-refractivity contribution in [1.29, 1.82) is 0 Å². The highest BCUT2D eigenvalue weighted by molar-refractivity contribution is 7.99. The summed E-state index contributed by atoms with van der Waals surface area (Å²) < 4.78 is 51.8. The van der Waals surface area contributed by atoms with E-state index in [0.29, 0.717) is 16.3 Å². The third-order valence-corrected chi connectivity index (χ3v) is 4.53. The van der Waals surface area contributed by atoms with Gasteiger partial charge in [0.25, 0.3) is 0 Å². The van der Waals surface area contributed by atoms with Crippen molar-refractivity contribution in [2.24, 2.45) is 0 Å². The number of benzene rings is 2. The fourth-order valence-electron chi connectivity index (χ4n) is 2.32. The van der Waals surface area contributed by atoms with Gasteiger partial charge in [-0.15, -0.1) is 10.2 Å². The molecule has 0 radical (unpaired) electrons. The Morgan fingerprint density at radius 2 is 1.79 bits per heavy atom. The number of halogens is 4. The Labute approximate surface area is 162 Å². The predicted molar refractivity (Wildman–Crippen MR) is 98.2 cm³/mol. The quantitative estimate of drug-likeness (QED) is 0.476. The van der Waals surface area contributed by atoms with Crippen LogP contribution in [0, 0.1) is 5.82 Å². The molecule has 144 valence electrons. The minimum atomic E-state index is -4.48.